The third kappa shape index (κ3) is 3.40. The van der Waals surface area contributed by atoms with Crippen LogP contribution in [0.15, 0.2) is 78.2 Å². The van der Waals surface area contributed by atoms with Crippen LogP contribution in [-0.4, -0.2) is 27.6 Å². The number of para-hydroxylation sites is 2. The molecule has 0 aliphatic carbocycles. The first kappa shape index (κ1) is 20.2. The Labute approximate surface area is 189 Å². The van der Waals surface area contributed by atoms with Gasteiger partial charge in [-0.1, -0.05) is 42.5 Å². The molecule has 2 aromatic carbocycles. The molecule has 2 aromatic heterocycles. The maximum absolute atomic E-state index is 14.0. The van der Waals surface area contributed by atoms with Crippen LogP contribution in [0.25, 0.3) is 16.3 Å². The Morgan fingerprint density at radius 2 is 1.78 bits per heavy atom. The third-order valence-electron chi connectivity index (χ3n) is 5.85. The van der Waals surface area contributed by atoms with Gasteiger partial charge in [-0.15, -0.1) is 11.3 Å². The van der Waals surface area contributed by atoms with Gasteiger partial charge in [-0.05, 0) is 54.6 Å². The number of carbonyl (C=O) groups is 2. The molecule has 2 N–H and O–H groups in total. The van der Waals surface area contributed by atoms with Gasteiger partial charge in [0.05, 0.1) is 16.5 Å². The summed E-state index contributed by atoms with van der Waals surface area (Å²) in [5, 5.41) is 6.76. The highest BCUT2D eigenvalue weighted by Gasteiger charge is 2.37. The fourth-order valence-corrected chi connectivity index (χ4v) is 5.04. The monoisotopic (exact) mass is 442 g/mol. The molecule has 0 spiro atoms. The van der Waals surface area contributed by atoms with Gasteiger partial charge in [0.2, 0.25) is 5.91 Å². The first-order chi connectivity index (χ1) is 15.5. The molecule has 160 valence electrons. The minimum atomic E-state index is -0.411. The summed E-state index contributed by atoms with van der Waals surface area (Å²) in [4.78, 5) is 28.8. The molecular formula is C25H22N4O2S. The van der Waals surface area contributed by atoms with Crippen molar-refractivity contribution in [3.05, 3.63) is 89.4 Å². The van der Waals surface area contributed by atoms with Crippen LogP contribution < -0.4 is 10.6 Å². The number of benzene rings is 2. The number of thiophene rings is 1. The van der Waals surface area contributed by atoms with Crippen molar-refractivity contribution in [1.82, 2.24) is 9.78 Å². The smallest absolute Gasteiger partial charge is 0.277 e. The number of nitrogens with zero attached hydrogens (tertiary/aromatic N) is 3. The Morgan fingerprint density at radius 3 is 2.50 bits per heavy atom. The maximum Gasteiger partial charge on any atom is 0.277 e. The zero-order valence-corrected chi connectivity index (χ0v) is 18.3. The maximum atomic E-state index is 14.0. The molecule has 1 aliphatic rings. The van der Waals surface area contributed by atoms with E-state index in [1.165, 1.54) is 0 Å². The van der Waals surface area contributed by atoms with Crippen LogP contribution in [0.5, 0.6) is 0 Å². The van der Waals surface area contributed by atoms with Crippen LogP contribution in [0.2, 0.25) is 0 Å². The SMILES string of the molecule is C[C@@H]1C[C@@H](C(N)=O)c2ccccc2N1C(=O)c1cc(-c2cccs2)nn1-c1ccccc1. The molecule has 0 bridgehead atoms. The van der Waals surface area contributed by atoms with Crippen LogP contribution in [0, 0.1) is 0 Å². The molecular weight excluding hydrogens is 420 g/mol. The van der Waals surface area contributed by atoms with Crippen molar-refractivity contribution in [1.29, 1.82) is 0 Å². The highest BCUT2D eigenvalue weighted by Crippen LogP contribution is 2.39. The molecule has 7 heteroatoms. The zero-order chi connectivity index (χ0) is 22.2. The van der Waals surface area contributed by atoms with Gasteiger partial charge in [0, 0.05) is 11.7 Å². The average Bonchev–Trinajstić information content (AvgIpc) is 3.49. The van der Waals surface area contributed by atoms with Crippen molar-refractivity contribution in [2.45, 2.75) is 25.3 Å². The zero-order valence-electron chi connectivity index (χ0n) is 17.5. The Morgan fingerprint density at radius 1 is 1.03 bits per heavy atom. The van der Waals surface area contributed by atoms with E-state index in [0.717, 1.165) is 27.5 Å². The molecule has 5 rings (SSSR count). The second-order valence-corrected chi connectivity index (χ2v) is 8.86. The van der Waals surface area contributed by atoms with Crippen molar-refractivity contribution < 1.29 is 9.59 Å². The average molecular weight is 443 g/mol. The number of anilines is 1. The second-order valence-electron chi connectivity index (χ2n) is 7.91. The number of amides is 2. The van der Waals surface area contributed by atoms with Gasteiger partial charge in [0.1, 0.15) is 11.4 Å². The van der Waals surface area contributed by atoms with Crippen molar-refractivity contribution >= 4 is 28.8 Å². The van der Waals surface area contributed by atoms with Gasteiger partial charge >= 0.3 is 0 Å². The predicted octanol–water partition coefficient (Wildman–Crippen LogP) is 4.61. The minimum absolute atomic E-state index is 0.160. The number of fused-ring (bicyclic) bond motifs is 1. The number of rotatable bonds is 4. The molecule has 4 aromatic rings. The molecule has 3 heterocycles. The summed E-state index contributed by atoms with van der Waals surface area (Å²) in [6, 6.07) is 22.7. The molecule has 1 aliphatic heterocycles. The summed E-state index contributed by atoms with van der Waals surface area (Å²) in [7, 11) is 0. The third-order valence-corrected chi connectivity index (χ3v) is 6.75. The Bertz CT molecular complexity index is 1280. The fraction of sp³-hybridized carbons (Fsp3) is 0.160. The van der Waals surface area contributed by atoms with Gasteiger partial charge in [0.15, 0.2) is 0 Å². The quantitative estimate of drug-likeness (QED) is 0.501. The summed E-state index contributed by atoms with van der Waals surface area (Å²) in [6.07, 6.45) is 0.481. The van der Waals surface area contributed by atoms with Crippen LogP contribution in [0.3, 0.4) is 0 Å². The lowest BCUT2D eigenvalue weighted by Gasteiger charge is -2.38. The van der Waals surface area contributed by atoms with E-state index in [2.05, 4.69) is 0 Å². The van der Waals surface area contributed by atoms with E-state index in [1.807, 2.05) is 85.1 Å². The second kappa shape index (κ2) is 8.09. The molecule has 0 saturated carbocycles. The van der Waals surface area contributed by atoms with Crippen molar-refractivity contribution in [2.24, 2.45) is 5.73 Å². The van der Waals surface area contributed by atoms with E-state index in [4.69, 9.17) is 10.8 Å². The van der Waals surface area contributed by atoms with Gasteiger partial charge < -0.3 is 10.6 Å². The van der Waals surface area contributed by atoms with Crippen LogP contribution >= 0.6 is 11.3 Å². The molecule has 6 nitrogen and oxygen atoms in total. The number of hydrogen-bond acceptors (Lipinski definition) is 4. The summed E-state index contributed by atoms with van der Waals surface area (Å²) in [5.41, 5.74) is 9.22. The van der Waals surface area contributed by atoms with E-state index < -0.39 is 5.92 Å². The first-order valence-electron chi connectivity index (χ1n) is 10.5. The largest absolute Gasteiger partial charge is 0.369 e. The van der Waals surface area contributed by atoms with Crippen LogP contribution in [-0.2, 0) is 4.79 Å². The van der Waals surface area contributed by atoms with E-state index in [9.17, 15) is 9.59 Å². The summed E-state index contributed by atoms with van der Waals surface area (Å²) in [5.74, 6) is -0.941. The van der Waals surface area contributed by atoms with E-state index in [-0.39, 0.29) is 17.9 Å². The summed E-state index contributed by atoms with van der Waals surface area (Å²) >= 11 is 1.58. The van der Waals surface area contributed by atoms with Crippen molar-refractivity contribution in [3.63, 3.8) is 0 Å². The Kier molecular flexibility index (Phi) is 5.11. The van der Waals surface area contributed by atoms with Gasteiger partial charge in [-0.25, -0.2) is 4.68 Å². The number of aromatic nitrogens is 2. The standard InChI is InChI=1S/C25H22N4O2S/c1-16-14-19(24(26)30)18-10-5-6-11-21(18)28(16)25(31)22-15-20(23-12-7-13-32-23)27-29(22)17-8-3-2-4-9-17/h2-13,15-16,19H,14H2,1H3,(H2,26,30)/t16-,19-/m1/s1. The molecule has 2 amide bonds. The summed E-state index contributed by atoms with van der Waals surface area (Å²) in [6.45, 7) is 1.95. The highest BCUT2D eigenvalue weighted by molar-refractivity contribution is 7.13. The number of carbonyl (C=O) groups excluding carboxylic acids is 2. The van der Waals surface area contributed by atoms with Crippen molar-refractivity contribution in [3.8, 4) is 16.3 Å². The lowest BCUT2D eigenvalue weighted by Crippen LogP contribution is -2.45. The Hall–Kier alpha value is -3.71. The van der Waals surface area contributed by atoms with Gasteiger partial charge in [-0.3, -0.25) is 9.59 Å². The van der Waals surface area contributed by atoms with Crippen molar-refractivity contribution in [2.75, 3.05) is 4.90 Å². The lowest BCUT2D eigenvalue weighted by atomic mass is 9.85. The number of nitrogens with two attached hydrogens (primary N) is 1. The minimum Gasteiger partial charge on any atom is -0.369 e. The Balaban J connectivity index is 1.64. The number of hydrogen-bond donors (Lipinski definition) is 1. The van der Waals surface area contributed by atoms with E-state index in [0.29, 0.717) is 12.1 Å². The molecule has 32 heavy (non-hydrogen) atoms. The van der Waals surface area contributed by atoms with Gasteiger partial charge in [-0.2, -0.15) is 5.10 Å². The normalized spacial score (nSPS) is 17.7. The first-order valence-corrected chi connectivity index (χ1v) is 11.3. The topological polar surface area (TPSA) is 81.2 Å². The van der Waals surface area contributed by atoms with Crippen LogP contribution in [0.1, 0.15) is 35.3 Å². The lowest BCUT2D eigenvalue weighted by molar-refractivity contribution is -0.119. The highest BCUT2D eigenvalue weighted by atomic mass is 32.1. The molecule has 0 fully saturated rings. The molecule has 2 atom stereocenters. The summed E-state index contributed by atoms with van der Waals surface area (Å²) < 4.78 is 1.70. The van der Waals surface area contributed by atoms with Gasteiger partial charge in [0.25, 0.3) is 5.91 Å². The predicted molar refractivity (Wildman–Crippen MR) is 126 cm³/mol. The molecule has 0 radical (unpaired) electrons. The number of primary amides is 1. The molecule has 0 saturated heterocycles. The van der Waals surface area contributed by atoms with E-state index >= 15 is 0 Å². The fourth-order valence-electron chi connectivity index (χ4n) is 4.36. The van der Waals surface area contributed by atoms with Crippen LogP contribution in [0.4, 0.5) is 5.69 Å². The molecule has 0 unspecified atom stereocenters. The van der Waals surface area contributed by atoms with E-state index in [1.54, 1.807) is 20.9 Å².